The molecule has 0 aromatic heterocycles. The van der Waals surface area contributed by atoms with Crippen molar-refractivity contribution in [1.82, 2.24) is 5.32 Å². The maximum Gasteiger partial charge on any atom is 0.390 e. The lowest BCUT2D eigenvalue weighted by Gasteiger charge is -2.19. The molecule has 1 N–H and O–H groups in total. The zero-order valence-electron chi connectivity index (χ0n) is 9.03. The van der Waals surface area contributed by atoms with E-state index in [1.807, 2.05) is 0 Å². The number of nitrogens with one attached hydrogen (secondary N) is 1. The average Bonchev–Trinajstić information content (AvgIpc) is 2.17. The van der Waals surface area contributed by atoms with Gasteiger partial charge < -0.3 is 5.32 Å². The molecule has 0 aliphatic heterocycles. The van der Waals surface area contributed by atoms with Crippen molar-refractivity contribution < 1.29 is 17.6 Å². The van der Waals surface area contributed by atoms with Crippen LogP contribution in [0.2, 0.25) is 0 Å². The van der Waals surface area contributed by atoms with Crippen LogP contribution in [0.25, 0.3) is 0 Å². The van der Waals surface area contributed by atoms with Crippen LogP contribution in [0.4, 0.5) is 17.6 Å². The highest BCUT2D eigenvalue weighted by molar-refractivity contribution is 5.26. The predicted molar refractivity (Wildman–Crippen MR) is 53.6 cm³/mol. The number of hydrogen-bond acceptors (Lipinski definition) is 1. The molecule has 0 amide bonds. The topological polar surface area (TPSA) is 12.0 Å². The fraction of sp³-hybridized carbons (Fsp3) is 0.455. The quantitative estimate of drug-likeness (QED) is 0.792. The van der Waals surface area contributed by atoms with Gasteiger partial charge in [0.2, 0.25) is 0 Å². The van der Waals surface area contributed by atoms with Gasteiger partial charge in [0.15, 0.2) is 0 Å². The molecule has 0 aliphatic carbocycles. The summed E-state index contributed by atoms with van der Waals surface area (Å²) < 4.78 is 49.7. The molecule has 0 aliphatic rings. The lowest BCUT2D eigenvalue weighted by molar-refractivity contribution is -0.140. The monoisotopic (exact) mass is 235 g/mol. The largest absolute Gasteiger partial charge is 0.390 e. The van der Waals surface area contributed by atoms with Gasteiger partial charge >= 0.3 is 6.18 Å². The molecular weight excluding hydrogens is 222 g/mol. The van der Waals surface area contributed by atoms with Gasteiger partial charge in [-0.05, 0) is 31.2 Å². The second-order valence-corrected chi connectivity index (χ2v) is 3.67. The van der Waals surface area contributed by atoms with E-state index in [1.165, 1.54) is 32.2 Å². The molecule has 1 aromatic carbocycles. The van der Waals surface area contributed by atoms with Crippen LogP contribution in [-0.2, 0) is 0 Å². The SMILES string of the molecule is CNC(CC(F)(F)F)c1ccc(F)c(C)c1. The van der Waals surface area contributed by atoms with Gasteiger partial charge in [0.05, 0.1) is 6.42 Å². The fourth-order valence-electron chi connectivity index (χ4n) is 1.50. The minimum Gasteiger partial charge on any atom is -0.313 e. The number of alkyl halides is 3. The van der Waals surface area contributed by atoms with Gasteiger partial charge in [0.25, 0.3) is 0 Å². The van der Waals surface area contributed by atoms with Gasteiger partial charge in [-0.15, -0.1) is 0 Å². The first-order chi connectivity index (χ1) is 7.33. The summed E-state index contributed by atoms with van der Waals surface area (Å²) in [6, 6.07) is 3.15. The zero-order valence-corrected chi connectivity index (χ0v) is 9.03. The predicted octanol–water partition coefficient (Wildman–Crippen LogP) is 3.35. The first kappa shape index (κ1) is 13.0. The van der Waals surface area contributed by atoms with E-state index >= 15 is 0 Å². The van der Waals surface area contributed by atoms with Crippen molar-refractivity contribution in [2.75, 3.05) is 7.05 Å². The number of aryl methyl sites for hydroxylation is 1. The van der Waals surface area contributed by atoms with E-state index in [1.54, 1.807) is 0 Å². The molecule has 1 aromatic rings. The van der Waals surface area contributed by atoms with Gasteiger partial charge in [0.1, 0.15) is 5.82 Å². The molecule has 0 spiro atoms. The Morgan fingerprint density at radius 3 is 2.38 bits per heavy atom. The zero-order chi connectivity index (χ0) is 12.3. The third-order valence-electron chi connectivity index (χ3n) is 2.37. The number of benzene rings is 1. The molecule has 0 saturated carbocycles. The molecule has 16 heavy (non-hydrogen) atoms. The van der Waals surface area contributed by atoms with E-state index in [4.69, 9.17) is 0 Å². The van der Waals surface area contributed by atoms with Crippen molar-refractivity contribution in [3.8, 4) is 0 Å². The van der Waals surface area contributed by atoms with Crippen molar-refractivity contribution in [2.24, 2.45) is 0 Å². The lowest BCUT2D eigenvalue weighted by Crippen LogP contribution is -2.23. The van der Waals surface area contributed by atoms with Crippen LogP contribution in [0.5, 0.6) is 0 Å². The second-order valence-electron chi connectivity index (χ2n) is 3.67. The van der Waals surface area contributed by atoms with Gasteiger partial charge in [-0.2, -0.15) is 13.2 Å². The Morgan fingerprint density at radius 2 is 1.94 bits per heavy atom. The Morgan fingerprint density at radius 1 is 1.31 bits per heavy atom. The summed E-state index contributed by atoms with van der Waals surface area (Å²) in [6.45, 7) is 1.53. The van der Waals surface area contributed by atoms with E-state index in [9.17, 15) is 17.6 Å². The molecule has 1 atom stereocenters. The standard InChI is InChI=1S/C11H13F4N/c1-7-5-8(3-4-9(7)12)10(16-2)6-11(13,14)15/h3-5,10,16H,6H2,1-2H3. The van der Waals surface area contributed by atoms with E-state index < -0.39 is 24.5 Å². The van der Waals surface area contributed by atoms with E-state index in [0.717, 1.165) is 0 Å². The number of hydrogen-bond donors (Lipinski definition) is 1. The van der Waals surface area contributed by atoms with Crippen molar-refractivity contribution in [2.45, 2.75) is 25.6 Å². The highest BCUT2D eigenvalue weighted by atomic mass is 19.4. The highest BCUT2D eigenvalue weighted by Crippen LogP contribution is 2.29. The maximum atomic E-state index is 13.0. The Kier molecular flexibility index (Phi) is 3.91. The first-order valence-electron chi connectivity index (χ1n) is 4.83. The lowest BCUT2D eigenvalue weighted by atomic mass is 10.0. The minimum atomic E-state index is -4.24. The number of halogens is 4. The minimum absolute atomic E-state index is 0.347. The summed E-state index contributed by atoms with van der Waals surface area (Å²) in [5.41, 5.74) is 0.790. The molecule has 0 bridgehead atoms. The van der Waals surface area contributed by atoms with Crippen LogP contribution in [0.15, 0.2) is 18.2 Å². The van der Waals surface area contributed by atoms with E-state index in [0.29, 0.717) is 11.1 Å². The molecule has 0 radical (unpaired) electrons. The van der Waals surface area contributed by atoms with Gasteiger partial charge in [-0.1, -0.05) is 12.1 Å². The Bertz CT molecular complexity index is 359. The van der Waals surface area contributed by atoms with Crippen molar-refractivity contribution in [3.05, 3.63) is 35.1 Å². The summed E-state index contributed by atoms with van der Waals surface area (Å²) in [5.74, 6) is -0.411. The van der Waals surface area contributed by atoms with Crippen molar-refractivity contribution in [3.63, 3.8) is 0 Å². The molecule has 1 nitrogen and oxygen atoms in total. The van der Waals surface area contributed by atoms with Crippen LogP contribution >= 0.6 is 0 Å². The third kappa shape index (κ3) is 3.48. The van der Waals surface area contributed by atoms with Crippen LogP contribution in [-0.4, -0.2) is 13.2 Å². The van der Waals surface area contributed by atoms with Gasteiger partial charge in [-0.3, -0.25) is 0 Å². The van der Waals surface area contributed by atoms with Crippen LogP contribution in [0.3, 0.4) is 0 Å². The molecular formula is C11H13F4N. The second kappa shape index (κ2) is 4.82. The molecule has 0 fully saturated rings. The maximum absolute atomic E-state index is 13.0. The summed E-state index contributed by atoms with van der Waals surface area (Å²) in [5, 5.41) is 2.58. The highest BCUT2D eigenvalue weighted by Gasteiger charge is 2.32. The third-order valence-corrected chi connectivity index (χ3v) is 2.37. The van der Waals surface area contributed by atoms with Gasteiger partial charge in [0, 0.05) is 6.04 Å². The smallest absolute Gasteiger partial charge is 0.313 e. The summed E-state index contributed by atoms with van der Waals surface area (Å²) in [4.78, 5) is 0. The molecule has 0 heterocycles. The van der Waals surface area contributed by atoms with Gasteiger partial charge in [-0.25, -0.2) is 4.39 Å². The molecule has 0 saturated heterocycles. The van der Waals surface area contributed by atoms with E-state index in [-0.39, 0.29) is 0 Å². The first-order valence-corrected chi connectivity index (χ1v) is 4.83. The average molecular weight is 235 g/mol. The molecule has 1 unspecified atom stereocenters. The summed E-state index contributed by atoms with van der Waals surface area (Å²) in [6.07, 6.45) is -5.20. The normalized spacial score (nSPS) is 13.9. The van der Waals surface area contributed by atoms with E-state index in [2.05, 4.69) is 5.32 Å². The summed E-state index contributed by atoms with van der Waals surface area (Å²) >= 11 is 0. The van der Waals surface area contributed by atoms with Crippen molar-refractivity contribution >= 4 is 0 Å². The Labute approximate surface area is 91.5 Å². The summed E-state index contributed by atoms with van der Waals surface area (Å²) in [7, 11) is 1.45. The van der Waals surface area contributed by atoms with Crippen LogP contribution in [0, 0.1) is 12.7 Å². The fourth-order valence-corrected chi connectivity index (χ4v) is 1.50. The van der Waals surface area contributed by atoms with Crippen LogP contribution in [0.1, 0.15) is 23.6 Å². The Hall–Kier alpha value is -1.10. The van der Waals surface area contributed by atoms with Crippen molar-refractivity contribution in [1.29, 1.82) is 0 Å². The Balaban J connectivity index is 2.91. The molecule has 90 valence electrons. The van der Waals surface area contributed by atoms with Crippen LogP contribution < -0.4 is 5.32 Å². The molecule has 5 heteroatoms. The molecule has 1 rings (SSSR count). The number of rotatable bonds is 3.